The summed E-state index contributed by atoms with van der Waals surface area (Å²) >= 11 is 12.0. The van der Waals surface area contributed by atoms with Gasteiger partial charge in [0.25, 0.3) is 0 Å². The van der Waals surface area contributed by atoms with Crippen molar-refractivity contribution < 1.29 is 8.42 Å². The molecule has 0 aliphatic carbocycles. The van der Waals surface area contributed by atoms with E-state index in [1.54, 1.807) is 6.07 Å². The highest BCUT2D eigenvalue weighted by molar-refractivity contribution is 7.89. The predicted molar refractivity (Wildman–Crippen MR) is 109 cm³/mol. The third-order valence-corrected chi connectivity index (χ3v) is 7.19. The standard InChI is InChI=1S/C18H17Cl2N5O2S/c19-14-3-4-15(20)16(13-14)28(26,27)25-11-9-24(10-12-25)18-6-5-17(21-22-18)23-7-1-2-8-23/h1-8,13H,9-12H2. The lowest BCUT2D eigenvalue weighted by atomic mass is 10.3. The van der Waals surface area contributed by atoms with Crippen LogP contribution >= 0.6 is 23.2 Å². The Morgan fingerprint density at radius 3 is 2.14 bits per heavy atom. The number of anilines is 1. The lowest BCUT2D eigenvalue weighted by molar-refractivity contribution is 0.383. The van der Waals surface area contributed by atoms with E-state index in [-0.39, 0.29) is 9.92 Å². The van der Waals surface area contributed by atoms with E-state index < -0.39 is 10.0 Å². The lowest BCUT2D eigenvalue weighted by Crippen LogP contribution is -2.49. The molecule has 1 fully saturated rings. The van der Waals surface area contributed by atoms with E-state index in [0.29, 0.717) is 37.0 Å². The zero-order valence-electron chi connectivity index (χ0n) is 14.7. The second kappa shape index (κ2) is 7.71. The van der Waals surface area contributed by atoms with Crippen LogP contribution in [0, 0.1) is 0 Å². The molecule has 3 aromatic rings. The van der Waals surface area contributed by atoms with E-state index in [9.17, 15) is 8.42 Å². The zero-order valence-corrected chi connectivity index (χ0v) is 17.1. The largest absolute Gasteiger partial charge is 0.352 e. The van der Waals surface area contributed by atoms with Gasteiger partial charge in [-0.2, -0.15) is 4.31 Å². The van der Waals surface area contributed by atoms with Gasteiger partial charge in [-0.25, -0.2) is 8.42 Å². The molecule has 1 aliphatic heterocycles. The van der Waals surface area contributed by atoms with E-state index in [2.05, 4.69) is 10.2 Å². The fourth-order valence-corrected chi connectivity index (χ4v) is 5.24. The number of rotatable bonds is 4. The summed E-state index contributed by atoms with van der Waals surface area (Å²) in [5, 5.41) is 9.02. The molecular formula is C18H17Cl2N5O2S. The van der Waals surface area contributed by atoms with Gasteiger partial charge in [-0.3, -0.25) is 0 Å². The molecule has 4 rings (SSSR count). The van der Waals surface area contributed by atoms with Crippen LogP contribution in [0.25, 0.3) is 5.82 Å². The summed E-state index contributed by atoms with van der Waals surface area (Å²) in [7, 11) is -3.71. The van der Waals surface area contributed by atoms with Crippen molar-refractivity contribution >= 4 is 39.0 Å². The smallest absolute Gasteiger partial charge is 0.244 e. The van der Waals surface area contributed by atoms with Crippen LogP contribution in [0.5, 0.6) is 0 Å². The van der Waals surface area contributed by atoms with Crippen molar-refractivity contribution in [1.29, 1.82) is 0 Å². The van der Waals surface area contributed by atoms with Crippen LogP contribution in [-0.2, 0) is 10.0 Å². The summed E-state index contributed by atoms with van der Waals surface area (Å²) in [5.41, 5.74) is 0. The van der Waals surface area contributed by atoms with E-state index in [0.717, 1.165) is 5.82 Å². The summed E-state index contributed by atoms with van der Waals surface area (Å²) in [6, 6.07) is 12.1. The number of sulfonamides is 1. The Hall–Kier alpha value is -2.13. The quantitative estimate of drug-likeness (QED) is 0.626. The SMILES string of the molecule is O=S(=O)(c1cc(Cl)ccc1Cl)N1CCN(c2ccc(-n3cccc3)nn2)CC1. The molecule has 1 aromatic carbocycles. The van der Waals surface area contributed by atoms with Gasteiger partial charge < -0.3 is 9.47 Å². The van der Waals surface area contributed by atoms with Crippen molar-refractivity contribution in [3.63, 3.8) is 0 Å². The number of nitrogens with zero attached hydrogens (tertiary/aromatic N) is 5. The third-order valence-electron chi connectivity index (χ3n) is 4.58. The van der Waals surface area contributed by atoms with Gasteiger partial charge >= 0.3 is 0 Å². The fourth-order valence-electron chi connectivity index (χ4n) is 3.08. The third kappa shape index (κ3) is 3.73. The molecule has 0 N–H and O–H groups in total. The van der Waals surface area contributed by atoms with Crippen LogP contribution < -0.4 is 4.90 Å². The van der Waals surface area contributed by atoms with Crippen LogP contribution in [0.1, 0.15) is 0 Å². The highest BCUT2D eigenvalue weighted by Gasteiger charge is 2.30. The monoisotopic (exact) mass is 437 g/mol. The van der Waals surface area contributed by atoms with Crippen LogP contribution in [0.4, 0.5) is 5.82 Å². The van der Waals surface area contributed by atoms with Gasteiger partial charge in [-0.1, -0.05) is 23.2 Å². The van der Waals surface area contributed by atoms with Gasteiger partial charge in [-0.05, 0) is 42.5 Å². The highest BCUT2D eigenvalue weighted by Crippen LogP contribution is 2.28. The van der Waals surface area contributed by atoms with Crippen molar-refractivity contribution in [3.8, 4) is 5.82 Å². The second-order valence-corrected chi connectivity index (χ2v) is 9.06. The maximum absolute atomic E-state index is 12.9. The minimum atomic E-state index is -3.71. The van der Waals surface area contributed by atoms with Crippen molar-refractivity contribution in [3.05, 3.63) is 64.9 Å². The molecule has 0 radical (unpaired) electrons. The van der Waals surface area contributed by atoms with E-state index >= 15 is 0 Å². The molecule has 146 valence electrons. The minimum Gasteiger partial charge on any atom is -0.352 e. The fraction of sp³-hybridized carbons (Fsp3) is 0.222. The molecule has 1 saturated heterocycles. The first-order chi connectivity index (χ1) is 13.4. The number of benzene rings is 1. The number of aromatic nitrogens is 3. The molecule has 2 aromatic heterocycles. The first-order valence-electron chi connectivity index (χ1n) is 8.62. The van der Waals surface area contributed by atoms with E-state index in [1.165, 1.54) is 16.4 Å². The van der Waals surface area contributed by atoms with E-state index in [1.807, 2.05) is 46.1 Å². The Balaban J connectivity index is 1.46. The molecule has 0 amide bonds. The lowest BCUT2D eigenvalue weighted by Gasteiger charge is -2.34. The predicted octanol–water partition coefficient (Wildman–Crippen LogP) is 3.09. The Morgan fingerprint density at radius 2 is 1.50 bits per heavy atom. The number of piperazine rings is 1. The van der Waals surface area contributed by atoms with Crippen molar-refractivity contribution in [1.82, 2.24) is 19.1 Å². The number of hydrogen-bond donors (Lipinski definition) is 0. The average Bonchev–Trinajstić information content (AvgIpc) is 3.25. The van der Waals surface area contributed by atoms with Crippen LogP contribution in [0.2, 0.25) is 10.0 Å². The van der Waals surface area contributed by atoms with Gasteiger partial charge in [0.1, 0.15) is 4.90 Å². The topological polar surface area (TPSA) is 71.3 Å². The normalized spacial score (nSPS) is 15.7. The Kier molecular flexibility index (Phi) is 5.29. The van der Waals surface area contributed by atoms with Gasteiger partial charge in [0.2, 0.25) is 10.0 Å². The molecule has 0 saturated carbocycles. The molecule has 0 bridgehead atoms. The molecule has 0 spiro atoms. The molecule has 3 heterocycles. The maximum Gasteiger partial charge on any atom is 0.244 e. The molecule has 1 aliphatic rings. The summed E-state index contributed by atoms with van der Waals surface area (Å²) in [6.45, 7) is 1.67. The molecule has 0 atom stereocenters. The van der Waals surface area contributed by atoms with Gasteiger partial charge in [0, 0.05) is 43.6 Å². The minimum absolute atomic E-state index is 0.0333. The van der Waals surface area contributed by atoms with Gasteiger partial charge in [-0.15, -0.1) is 10.2 Å². The highest BCUT2D eigenvalue weighted by atomic mass is 35.5. The van der Waals surface area contributed by atoms with Crippen molar-refractivity contribution in [2.24, 2.45) is 0 Å². The van der Waals surface area contributed by atoms with Crippen LogP contribution in [0.15, 0.2) is 59.8 Å². The first-order valence-corrected chi connectivity index (χ1v) is 10.8. The maximum atomic E-state index is 12.9. The van der Waals surface area contributed by atoms with Crippen LogP contribution in [0.3, 0.4) is 0 Å². The molecule has 0 unspecified atom stereocenters. The summed E-state index contributed by atoms with van der Waals surface area (Å²) in [4.78, 5) is 2.05. The molecule has 10 heteroatoms. The Morgan fingerprint density at radius 1 is 0.857 bits per heavy atom. The zero-order chi connectivity index (χ0) is 19.7. The second-order valence-electron chi connectivity index (χ2n) is 6.31. The van der Waals surface area contributed by atoms with Crippen LogP contribution in [-0.4, -0.2) is 53.7 Å². The Bertz CT molecular complexity index is 1060. The summed E-state index contributed by atoms with van der Waals surface area (Å²) in [5.74, 6) is 1.44. The first kappa shape index (κ1) is 19.2. The van der Waals surface area contributed by atoms with E-state index in [4.69, 9.17) is 23.2 Å². The van der Waals surface area contributed by atoms with Crippen molar-refractivity contribution in [2.75, 3.05) is 31.1 Å². The molecule has 7 nitrogen and oxygen atoms in total. The molecule has 28 heavy (non-hydrogen) atoms. The van der Waals surface area contributed by atoms with Gasteiger partial charge in [0.05, 0.1) is 5.02 Å². The van der Waals surface area contributed by atoms with Crippen molar-refractivity contribution in [2.45, 2.75) is 4.90 Å². The number of halogens is 2. The summed E-state index contributed by atoms with van der Waals surface area (Å²) in [6.07, 6.45) is 3.79. The number of hydrogen-bond acceptors (Lipinski definition) is 5. The summed E-state index contributed by atoms with van der Waals surface area (Å²) < 4.78 is 29.1. The average molecular weight is 438 g/mol. The van der Waals surface area contributed by atoms with Gasteiger partial charge in [0.15, 0.2) is 11.6 Å². The molecular weight excluding hydrogens is 421 g/mol. The Labute approximate surface area is 173 Å².